The molecule has 6 nitrogen and oxygen atoms in total. The smallest absolute Gasteiger partial charge is 0.243 e. The fourth-order valence-electron chi connectivity index (χ4n) is 4.09. The van der Waals surface area contributed by atoms with E-state index in [-0.39, 0.29) is 6.04 Å². The first-order chi connectivity index (χ1) is 11.9. The lowest BCUT2D eigenvalue weighted by Gasteiger charge is -2.35. The van der Waals surface area contributed by atoms with Gasteiger partial charge >= 0.3 is 0 Å². The molecular weight excluding hydrogens is 336 g/mol. The van der Waals surface area contributed by atoms with Gasteiger partial charge in [0.2, 0.25) is 10.0 Å². The Balaban J connectivity index is 1.62. The Morgan fingerprint density at radius 1 is 1.00 bits per heavy atom. The molecule has 1 aromatic carbocycles. The van der Waals surface area contributed by atoms with Crippen LogP contribution < -0.4 is 0 Å². The van der Waals surface area contributed by atoms with E-state index in [9.17, 15) is 8.42 Å². The SMILES string of the molecule is CN1C[C@@H]2CC[C@H](C1)N(S(=O)(=O)c1ccc(-c3cnn(C)c3)cc1)C2. The molecular formula is C18H24N4O2S. The quantitative estimate of drug-likeness (QED) is 0.838. The van der Waals surface area contributed by atoms with Crippen molar-refractivity contribution in [3.05, 3.63) is 36.7 Å². The third-order valence-electron chi connectivity index (χ3n) is 5.34. The molecule has 0 unspecified atom stereocenters. The zero-order chi connectivity index (χ0) is 17.6. The number of sulfonamides is 1. The molecule has 0 radical (unpaired) electrons. The summed E-state index contributed by atoms with van der Waals surface area (Å²) in [6, 6.07) is 7.27. The van der Waals surface area contributed by atoms with E-state index >= 15 is 0 Å². The van der Waals surface area contributed by atoms with Gasteiger partial charge in [-0.3, -0.25) is 4.68 Å². The fraction of sp³-hybridized carbons (Fsp3) is 0.500. The summed E-state index contributed by atoms with van der Waals surface area (Å²) in [5.41, 5.74) is 1.96. The Hall–Kier alpha value is -1.70. The standard InChI is InChI=1S/C18H24N4O2S/c1-20-10-14-3-6-17(13-20)22(11-14)25(23,24)18-7-4-15(5-8-18)16-9-19-21(2)12-16/h4-5,7-9,12,14,17H,3,6,10-11,13H2,1-2H3/t14-,17+/m0/s1. The largest absolute Gasteiger partial charge is 0.304 e. The van der Waals surface area contributed by atoms with Crippen LogP contribution in [0.5, 0.6) is 0 Å². The molecule has 2 atom stereocenters. The molecule has 0 saturated carbocycles. The Kier molecular flexibility index (Phi) is 4.17. The highest BCUT2D eigenvalue weighted by Gasteiger charge is 2.40. The van der Waals surface area contributed by atoms with Crippen molar-refractivity contribution in [3.63, 3.8) is 0 Å². The summed E-state index contributed by atoms with van der Waals surface area (Å²) in [4.78, 5) is 2.65. The van der Waals surface area contributed by atoms with E-state index in [4.69, 9.17) is 0 Å². The van der Waals surface area contributed by atoms with Gasteiger partial charge in [-0.15, -0.1) is 0 Å². The molecule has 2 aromatic rings. The van der Waals surface area contributed by atoms with Crippen molar-refractivity contribution in [1.82, 2.24) is 19.0 Å². The average Bonchev–Trinajstić information content (AvgIpc) is 2.85. The van der Waals surface area contributed by atoms with Crippen LogP contribution in [0.1, 0.15) is 12.8 Å². The molecule has 4 heterocycles. The molecule has 3 aliphatic rings. The second kappa shape index (κ2) is 6.23. The van der Waals surface area contributed by atoms with Crippen molar-refractivity contribution in [1.29, 1.82) is 0 Å². The van der Waals surface area contributed by atoms with Gasteiger partial charge in [0.25, 0.3) is 0 Å². The van der Waals surface area contributed by atoms with Crippen LogP contribution in [-0.4, -0.2) is 60.1 Å². The molecule has 25 heavy (non-hydrogen) atoms. The van der Waals surface area contributed by atoms with Gasteiger partial charge in [0, 0.05) is 44.5 Å². The Labute approximate surface area is 149 Å². The van der Waals surface area contributed by atoms with Gasteiger partial charge in [0.05, 0.1) is 11.1 Å². The summed E-state index contributed by atoms with van der Waals surface area (Å²) in [6.45, 7) is 2.45. The molecule has 7 heteroatoms. The molecule has 3 saturated heterocycles. The van der Waals surface area contributed by atoms with Gasteiger partial charge in [-0.2, -0.15) is 9.40 Å². The summed E-state index contributed by atoms with van der Waals surface area (Å²) < 4.78 is 29.8. The van der Waals surface area contributed by atoms with E-state index in [1.54, 1.807) is 27.3 Å². The number of rotatable bonds is 3. The average molecular weight is 360 g/mol. The number of benzene rings is 1. The number of fused-ring (bicyclic) bond motifs is 4. The van der Waals surface area contributed by atoms with E-state index in [2.05, 4.69) is 17.0 Å². The molecule has 2 bridgehead atoms. The van der Waals surface area contributed by atoms with Crippen molar-refractivity contribution in [2.75, 3.05) is 26.7 Å². The molecule has 0 amide bonds. The van der Waals surface area contributed by atoms with Crippen molar-refractivity contribution < 1.29 is 8.42 Å². The van der Waals surface area contributed by atoms with Crippen molar-refractivity contribution in [2.24, 2.45) is 13.0 Å². The fourth-order valence-corrected chi connectivity index (χ4v) is 5.82. The molecule has 134 valence electrons. The van der Waals surface area contributed by atoms with Crippen LogP contribution in [0.4, 0.5) is 0 Å². The highest BCUT2D eigenvalue weighted by atomic mass is 32.2. The zero-order valence-corrected chi connectivity index (χ0v) is 15.5. The number of likely N-dealkylation sites (N-methyl/N-ethyl adjacent to an activating group) is 1. The lowest BCUT2D eigenvalue weighted by Crippen LogP contribution is -2.47. The van der Waals surface area contributed by atoms with Crippen LogP contribution in [0.3, 0.4) is 0 Å². The molecule has 0 spiro atoms. The van der Waals surface area contributed by atoms with Gasteiger partial charge in [-0.1, -0.05) is 12.1 Å². The number of nitrogens with zero attached hydrogens (tertiary/aromatic N) is 4. The number of hydrogen-bond donors (Lipinski definition) is 0. The van der Waals surface area contributed by atoms with Crippen LogP contribution in [0.25, 0.3) is 11.1 Å². The van der Waals surface area contributed by atoms with Gasteiger partial charge < -0.3 is 4.90 Å². The highest BCUT2D eigenvalue weighted by molar-refractivity contribution is 7.89. The third kappa shape index (κ3) is 3.12. The Morgan fingerprint density at radius 3 is 2.44 bits per heavy atom. The second-order valence-electron chi connectivity index (χ2n) is 7.32. The predicted molar refractivity (Wildman–Crippen MR) is 96.5 cm³/mol. The van der Waals surface area contributed by atoms with Gasteiger partial charge in [0.1, 0.15) is 0 Å². The Morgan fingerprint density at radius 2 is 1.76 bits per heavy atom. The first kappa shape index (κ1) is 16.8. The first-order valence-corrected chi connectivity index (χ1v) is 10.2. The van der Waals surface area contributed by atoms with E-state index in [1.807, 2.05) is 25.4 Å². The van der Waals surface area contributed by atoms with E-state index in [0.29, 0.717) is 17.4 Å². The Bertz CT molecular complexity index is 859. The number of hydrogen-bond acceptors (Lipinski definition) is 4. The summed E-state index contributed by atoms with van der Waals surface area (Å²) in [5, 5.41) is 4.17. The maximum Gasteiger partial charge on any atom is 0.243 e. The van der Waals surface area contributed by atoms with E-state index in [0.717, 1.165) is 37.1 Å². The monoisotopic (exact) mass is 360 g/mol. The lowest BCUT2D eigenvalue weighted by molar-refractivity contribution is 0.229. The molecule has 3 aliphatic heterocycles. The molecule has 1 aromatic heterocycles. The minimum absolute atomic E-state index is 0.0896. The summed E-state index contributed by atoms with van der Waals surface area (Å²) in [5.74, 6) is 0.438. The minimum Gasteiger partial charge on any atom is -0.304 e. The minimum atomic E-state index is -3.45. The second-order valence-corrected chi connectivity index (χ2v) is 9.21. The first-order valence-electron chi connectivity index (χ1n) is 8.73. The number of aromatic nitrogens is 2. The van der Waals surface area contributed by atoms with Gasteiger partial charge in [0.15, 0.2) is 0 Å². The zero-order valence-electron chi connectivity index (χ0n) is 14.7. The topological polar surface area (TPSA) is 58.4 Å². The summed E-state index contributed by atoms with van der Waals surface area (Å²) in [6.07, 6.45) is 5.79. The summed E-state index contributed by atoms with van der Waals surface area (Å²) in [7, 11) is 0.509. The van der Waals surface area contributed by atoms with Crippen molar-refractivity contribution >= 4 is 10.0 Å². The van der Waals surface area contributed by atoms with Crippen LogP contribution in [-0.2, 0) is 17.1 Å². The van der Waals surface area contributed by atoms with E-state index in [1.165, 1.54) is 0 Å². The van der Waals surface area contributed by atoms with Crippen LogP contribution in [0.2, 0.25) is 0 Å². The van der Waals surface area contributed by atoms with Crippen LogP contribution in [0.15, 0.2) is 41.6 Å². The maximum atomic E-state index is 13.2. The lowest BCUT2D eigenvalue weighted by atomic mass is 9.97. The maximum absolute atomic E-state index is 13.2. The molecule has 0 aliphatic carbocycles. The highest BCUT2D eigenvalue weighted by Crippen LogP contribution is 2.32. The number of aryl methyl sites for hydroxylation is 1. The summed E-state index contributed by atoms with van der Waals surface area (Å²) >= 11 is 0. The molecule has 5 rings (SSSR count). The number of piperidine rings is 1. The van der Waals surface area contributed by atoms with Crippen LogP contribution in [0, 0.1) is 5.92 Å². The normalized spacial score (nSPS) is 25.2. The van der Waals surface area contributed by atoms with Crippen molar-refractivity contribution in [2.45, 2.75) is 23.8 Å². The predicted octanol–water partition coefficient (Wildman–Crippen LogP) is 1.80. The van der Waals surface area contributed by atoms with Gasteiger partial charge in [-0.05, 0) is 43.5 Å². The molecule has 0 N–H and O–H groups in total. The van der Waals surface area contributed by atoms with Gasteiger partial charge in [-0.25, -0.2) is 8.42 Å². The van der Waals surface area contributed by atoms with Crippen LogP contribution >= 0.6 is 0 Å². The molecule has 3 fully saturated rings. The van der Waals surface area contributed by atoms with E-state index < -0.39 is 10.0 Å². The third-order valence-corrected chi connectivity index (χ3v) is 7.28. The van der Waals surface area contributed by atoms with Crippen molar-refractivity contribution in [3.8, 4) is 11.1 Å².